The van der Waals surface area contributed by atoms with Crippen LogP contribution in [0, 0.1) is 23.0 Å². The first-order valence-electron chi connectivity index (χ1n) is 22.6. The standard InChI is InChI=1S/C61H35F2N5/c62-39-31-38(32-40(63)33-39)61-59(67-55-23-11-5-17-47(55)49-27-25-41(34-57(49)67)65-51-19-7-1-13-43(51)44-14-2-8-20-52(44)65)29-37(36-64)30-60(61)68-56-24-12-6-18-48(56)50-28-26-42(35-58(50)68)66-53-21-9-3-15-45(53)46-16-4-10-22-54(46)66/h1-35H. The van der Waals surface area contributed by atoms with E-state index in [9.17, 15) is 5.26 Å². The summed E-state index contributed by atoms with van der Waals surface area (Å²) in [5.41, 5.74) is 12.3. The fraction of sp³-hybridized carbons (Fsp3) is 0. The second kappa shape index (κ2) is 14.4. The molecule has 0 fully saturated rings. The first-order valence-corrected chi connectivity index (χ1v) is 22.6. The van der Waals surface area contributed by atoms with E-state index in [-0.39, 0.29) is 0 Å². The van der Waals surface area contributed by atoms with E-state index in [0.29, 0.717) is 28.1 Å². The van der Waals surface area contributed by atoms with Gasteiger partial charge >= 0.3 is 0 Å². The first-order chi connectivity index (χ1) is 33.5. The van der Waals surface area contributed by atoms with Crippen molar-refractivity contribution in [3.8, 4) is 39.9 Å². The molecule has 14 aromatic rings. The molecule has 10 aromatic carbocycles. The molecule has 0 aliphatic carbocycles. The number of hydrogen-bond donors (Lipinski definition) is 0. The highest BCUT2D eigenvalue weighted by atomic mass is 19.1. The maximum absolute atomic E-state index is 15.8. The molecule has 7 heteroatoms. The van der Waals surface area contributed by atoms with Crippen molar-refractivity contribution in [3.05, 3.63) is 230 Å². The minimum absolute atomic E-state index is 0.339. The highest BCUT2D eigenvalue weighted by Gasteiger charge is 2.25. The summed E-state index contributed by atoms with van der Waals surface area (Å²) >= 11 is 0. The Morgan fingerprint density at radius 3 is 0.956 bits per heavy atom. The Morgan fingerprint density at radius 2 is 0.618 bits per heavy atom. The van der Waals surface area contributed by atoms with Gasteiger partial charge in [-0.2, -0.15) is 5.26 Å². The summed E-state index contributed by atoms with van der Waals surface area (Å²) in [5, 5.41) is 19.6. The molecule has 0 saturated heterocycles. The molecule has 0 aliphatic rings. The predicted molar refractivity (Wildman–Crippen MR) is 274 cm³/mol. The molecular weight excluding hydrogens is 841 g/mol. The summed E-state index contributed by atoms with van der Waals surface area (Å²) in [7, 11) is 0. The normalized spacial score (nSPS) is 12.0. The van der Waals surface area contributed by atoms with Crippen molar-refractivity contribution in [2.24, 2.45) is 0 Å². The van der Waals surface area contributed by atoms with Crippen molar-refractivity contribution in [1.82, 2.24) is 18.3 Å². The average molecular weight is 876 g/mol. The Morgan fingerprint density at radius 1 is 0.309 bits per heavy atom. The van der Waals surface area contributed by atoms with Gasteiger partial charge in [-0.3, -0.25) is 0 Å². The molecule has 0 radical (unpaired) electrons. The molecule has 4 aromatic heterocycles. The summed E-state index contributed by atoms with van der Waals surface area (Å²) < 4.78 is 40.6. The number of rotatable bonds is 5. The van der Waals surface area contributed by atoms with E-state index >= 15 is 8.78 Å². The smallest absolute Gasteiger partial charge is 0.126 e. The molecule has 5 nitrogen and oxygen atoms in total. The van der Waals surface area contributed by atoms with Crippen LogP contribution in [-0.2, 0) is 0 Å². The molecular formula is C61H35F2N5. The minimum atomic E-state index is -0.701. The first kappa shape index (κ1) is 38.1. The number of para-hydroxylation sites is 6. The molecule has 0 saturated carbocycles. The van der Waals surface area contributed by atoms with Crippen LogP contribution in [0.4, 0.5) is 8.78 Å². The maximum atomic E-state index is 15.8. The third kappa shape index (κ3) is 5.40. The monoisotopic (exact) mass is 875 g/mol. The number of fused-ring (bicyclic) bond motifs is 12. The summed E-state index contributed by atoms with van der Waals surface area (Å²) in [6.07, 6.45) is 0. The molecule has 318 valence electrons. The van der Waals surface area contributed by atoms with Crippen LogP contribution in [0.15, 0.2) is 212 Å². The second-order valence-electron chi connectivity index (χ2n) is 17.5. The highest BCUT2D eigenvalue weighted by Crippen LogP contribution is 2.45. The van der Waals surface area contributed by atoms with E-state index in [2.05, 4.69) is 182 Å². The van der Waals surface area contributed by atoms with Gasteiger partial charge in [0.05, 0.1) is 67.1 Å². The van der Waals surface area contributed by atoms with Gasteiger partial charge in [0.1, 0.15) is 11.6 Å². The van der Waals surface area contributed by atoms with Gasteiger partial charge in [-0.25, -0.2) is 8.78 Å². The number of nitrogens with zero attached hydrogens (tertiary/aromatic N) is 5. The quantitative estimate of drug-likeness (QED) is 0.170. The molecule has 14 rings (SSSR count). The third-order valence-electron chi connectivity index (χ3n) is 13.9. The van der Waals surface area contributed by atoms with Gasteiger partial charge in [-0.15, -0.1) is 0 Å². The summed E-state index contributed by atoms with van der Waals surface area (Å²) in [4.78, 5) is 0. The zero-order chi connectivity index (χ0) is 45.2. The second-order valence-corrected chi connectivity index (χ2v) is 17.5. The fourth-order valence-electron chi connectivity index (χ4n) is 11.1. The van der Waals surface area contributed by atoms with Gasteiger partial charge in [0.25, 0.3) is 0 Å². The number of nitriles is 1. The van der Waals surface area contributed by atoms with Crippen molar-refractivity contribution >= 4 is 87.2 Å². The van der Waals surface area contributed by atoms with E-state index < -0.39 is 11.6 Å². The van der Waals surface area contributed by atoms with Crippen LogP contribution in [-0.4, -0.2) is 18.3 Å². The SMILES string of the molecule is N#Cc1cc(-n2c3ccccc3c3ccc(-n4c5ccccc5c5ccccc54)cc32)c(-c2cc(F)cc(F)c2)c(-n2c3ccccc3c3ccc(-n4c5ccccc5c5ccccc54)cc32)c1. The largest absolute Gasteiger partial charge is 0.309 e. The van der Waals surface area contributed by atoms with Gasteiger partial charge in [0, 0.05) is 66.1 Å². The van der Waals surface area contributed by atoms with Crippen LogP contribution in [0.3, 0.4) is 0 Å². The lowest BCUT2D eigenvalue weighted by atomic mass is 9.97. The molecule has 0 N–H and O–H groups in total. The Hall–Kier alpha value is -9.25. The zero-order valence-corrected chi connectivity index (χ0v) is 36.2. The van der Waals surface area contributed by atoms with Crippen LogP contribution in [0.25, 0.3) is 121 Å². The van der Waals surface area contributed by atoms with Crippen LogP contribution in [0.5, 0.6) is 0 Å². The lowest BCUT2D eigenvalue weighted by Crippen LogP contribution is -2.06. The number of aromatic nitrogens is 4. The van der Waals surface area contributed by atoms with Crippen LogP contribution in [0.2, 0.25) is 0 Å². The highest BCUT2D eigenvalue weighted by molar-refractivity contribution is 6.15. The minimum Gasteiger partial charge on any atom is -0.309 e. The van der Waals surface area contributed by atoms with Crippen LogP contribution >= 0.6 is 0 Å². The van der Waals surface area contributed by atoms with Gasteiger partial charge in [0.15, 0.2) is 0 Å². The van der Waals surface area contributed by atoms with E-state index in [0.717, 1.165) is 105 Å². The van der Waals surface area contributed by atoms with E-state index in [1.165, 1.54) is 12.1 Å². The lowest BCUT2D eigenvalue weighted by Gasteiger charge is -2.21. The Balaban J connectivity index is 1.12. The molecule has 0 aliphatic heterocycles. The Bertz CT molecular complexity index is 4120. The molecule has 0 atom stereocenters. The van der Waals surface area contributed by atoms with E-state index in [1.807, 2.05) is 36.4 Å². The van der Waals surface area contributed by atoms with Crippen molar-refractivity contribution in [3.63, 3.8) is 0 Å². The summed E-state index contributed by atoms with van der Waals surface area (Å²) in [6.45, 7) is 0. The molecule has 68 heavy (non-hydrogen) atoms. The number of benzene rings is 10. The lowest BCUT2D eigenvalue weighted by molar-refractivity contribution is 0.584. The number of hydrogen-bond acceptors (Lipinski definition) is 1. The topological polar surface area (TPSA) is 43.5 Å². The predicted octanol–water partition coefficient (Wildman–Crippen LogP) is 15.9. The Labute approximate surface area is 387 Å². The van der Waals surface area contributed by atoms with E-state index in [1.54, 1.807) is 0 Å². The fourth-order valence-corrected chi connectivity index (χ4v) is 11.1. The van der Waals surface area contributed by atoms with Crippen LogP contribution < -0.4 is 0 Å². The van der Waals surface area contributed by atoms with E-state index in [4.69, 9.17) is 0 Å². The third-order valence-corrected chi connectivity index (χ3v) is 13.9. The summed E-state index contributed by atoms with van der Waals surface area (Å²) in [6, 6.07) is 73.1. The molecule has 0 bridgehead atoms. The van der Waals surface area contributed by atoms with Crippen molar-refractivity contribution < 1.29 is 8.78 Å². The zero-order valence-electron chi connectivity index (χ0n) is 36.2. The summed E-state index contributed by atoms with van der Waals surface area (Å²) in [5.74, 6) is -1.40. The maximum Gasteiger partial charge on any atom is 0.126 e. The number of halogens is 2. The molecule has 0 spiro atoms. The Kier molecular flexibility index (Phi) is 8.05. The average Bonchev–Trinajstić information content (AvgIpc) is 4.10. The van der Waals surface area contributed by atoms with Gasteiger partial charge in [-0.05, 0) is 90.5 Å². The van der Waals surface area contributed by atoms with Crippen molar-refractivity contribution in [2.45, 2.75) is 0 Å². The van der Waals surface area contributed by atoms with Crippen LogP contribution in [0.1, 0.15) is 5.56 Å². The van der Waals surface area contributed by atoms with Gasteiger partial charge in [0.2, 0.25) is 0 Å². The van der Waals surface area contributed by atoms with Crippen molar-refractivity contribution in [1.29, 1.82) is 5.26 Å². The van der Waals surface area contributed by atoms with Gasteiger partial charge < -0.3 is 18.3 Å². The van der Waals surface area contributed by atoms with Gasteiger partial charge in [-0.1, -0.05) is 121 Å². The molecule has 0 unspecified atom stereocenters. The molecule has 0 amide bonds. The molecule has 4 heterocycles. The van der Waals surface area contributed by atoms with Crippen molar-refractivity contribution in [2.75, 3.05) is 0 Å².